The summed E-state index contributed by atoms with van der Waals surface area (Å²) in [5.41, 5.74) is 3.79. The number of carbonyl (C=O) groups is 1. The number of carbonyl (C=O) groups excluding carboxylic acids is 1. The molecule has 1 heterocycles. The van der Waals surface area contributed by atoms with Crippen LogP contribution >= 0.6 is 0 Å². The molecule has 2 aromatic rings. The van der Waals surface area contributed by atoms with E-state index in [1.165, 1.54) is 0 Å². The first kappa shape index (κ1) is 15.7. The van der Waals surface area contributed by atoms with Crippen molar-refractivity contribution >= 4 is 5.91 Å². The highest BCUT2D eigenvalue weighted by molar-refractivity contribution is 5.94. The molecular formula is C18H23N3O2. The summed E-state index contributed by atoms with van der Waals surface area (Å²) in [6.07, 6.45) is 3.79. The zero-order valence-corrected chi connectivity index (χ0v) is 13.5. The lowest BCUT2D eigenvalue weighted by Crippen LogP contribution is -2.35. The van der Waals surface area contributed by atoms with Gasteiger partial charge >= 0.3 is 0 Å². The van der Waals surface area contributed by atoms with Gasteiger partial charge in [0.15, 0.2) is 5.69 Å². The van der Waals surface area contributed by atoms with Gasteiger partial charge in [0.25, 0.3) is 5.91 Å². The van der Waals surface area contributed by atoms with Gasteiger partial charge in [0.2, 0.25) is 0 Å². The third-order valence-electron chi connectivity index (χ3n) is 4.28. The Kier molecular flexibility index (Phi) is 4.76. The lowest BCUT2D eigenvalue weighted by atomic mass is 10.1. The largest absolute Gasteiger partial charge is 0.395 e. The minimum absolute atomic E-state index is 0.0205. The number of nitrogens with zero attached hydrogens (tertiary/aromatic N) is 3. The summed E-state index contributed by atoms with van der Waals surface area (Å²) in [5, 5.41) is 13.8. The van der Waals surface area contributed by atoms with Crippen LogP contribution in [-0.4, -0.2) is 45.4 Å². The normalized spacial score (nSPS) is 13.1. The second-order valence-corrected chi connectivity index (χ2v) is 5.89. The Morgan fingerprint density at radius 2 is 2.04 bits per heavy atom. The molecule has 3 rings (SSSR count). The monoisotopic (exact) mass is 313 g/mol. The van der Waals surface area contributed by atoms with Gasteiger partial charge in [0.05, 0.1) is 12.3 Å². The molecule has 0 aliphatic heterocycles. The SMILES string of the molecule is CCCN(CCO)C(=O)c1nn(-c2ccccc2)c2c1CCC2. The molecule has 1 N–H and O–H groups in total. The number of aromatic nitrogens is 2. The van der Waals surface area contributed by atoms with Crippen molar-refractivity contribution in [3.05, 3.63) is 47.3 Å². The van der Waals surface area contributed by atoms with E-state index in [0.717, 1.165) is 42.6 Å². The van der Waals surface area contributed by atoms with Crippen LogP contribution in [0.3, 0.4) is 0 Å². The highest BCUT2D eigenvalue weighted by Gasteiger charge is 2.29. The van der Waals surface area contributed by atoms with Crippen molar-refractivity contribution in [1.29, 1.82) is 0 Å². The quantitative estimate of drug-likeness (QED) is 0.889. The molecule has 1 aromatic carbocycles. The molecule has 0 bridgehead atoms. The Bertz CT molecular complexity index is 673. The maximum Gasteiger partial charge on any atom is 0.274 e. The summed E-state index contributed by atoms with van der Waals surface area (Å²) >= 11 is 0. The standard InChI is InChI=1S/C18H23N3O2/c1-2-11-20(12-13-22)18(23)17-15-9-6-10-16(15)21(19-17)14-7-4-3-5-8-14/h3-5,7-8,22H,2,6,9-13H2,1H3. The van der Waals surface area contributed by atoms with Crippen LogP contribution in [-0.2, 0) is 12.8 Å². The van der Waals surface area contributed by atoms with Crippen molar-refractivity contribution in [3.63, 3.8) is 0 Å². The molecule has 0 spiro atoms. The number of hydrogen-bond donors (Lipinski definition) is 1. The Labute approximate surface area is 136 Å². The molecule has 0 saturated carbocycles. The van der Waals surface area contributed by atoms with E-state index in [0.29, 0.717) is 18.8 Å². The predicted octanol–water partition coefficient (Wildman–Crippen LogP) is 2.21. The van der Waals surface area contributed by atoms with Crippen LogP contribution in [0.15, 0.2) is 30.3 Å². The number of para-hydroxylation sites is 1. The number of aliphatic hydroxyl groups excluding tert-OH is 1. The predicted molar refractivity (Wildman–Crippen MR) is 88.9 cm³/mol. The number of fused-ring (bicyclic) bond motifs is 1. The molecule has 0 atom stereocenters. The molecule has 5 nitrogen and oxygen atoms in total. The molecule has 0 saturated heterocycles. The lowest BCUT2D eigenvalue weighted by Gasteiger charge is -2.20. The van der Waals surface area contributed by atoms with Crippen molar-refractivity contribution in [1.82, 2.24) is 14.7 Å². The van der Waals surface area contributed by atoms with Gasteiger partial charge < -0.3 is 10.0 Å². The average Bonchev–Trinajstić information content (AvgIpc) is 3.17. The Morgan fingerprint density at radius 1 is 1.26 bits per heavy atom. The number of rotatable bonds is 6. The van der Waals surface area contributed by atoms with E-state index in [1.807, 2.05) is 41.9 Å². The Hall–Kier alpha value is -2.14. The fraction of sp³-hybridized carbons (Fsp3) is 0.444. The van der Waals surface area contributed by atoms with Crippen LogP contribution in [0.1, 0.15) is 41.5 Å². The topological polar surface area (TPSA) is 58.4 Å². The first-order valence-corrected chi connectivity index (χ1v) is 8.32. The van der Waals surface area contributed by atoms with Crippen LogP contribution in [0.2, 0.25) is 0 Å². The van der Waals surface area contributed by atoms with Crippen molar-refractivity contribution < 1.29 is 9.90 Å². The first-order chi connectivity index (χ1) is 11.3. The molecule has 23 heavy (non-hydrogen) atoms. The summed E-state index contributed by atoms with van der Waals surface area (Å²) in [6, 6.07) is 9.96. The van der Waals surface area contributed by atoms with E-state index >= 15 is 0 Å². The molecule has 0 fully saturated rings. The maximum absolute atomic E-state index is 12.9. The Balaban J connectivity index is 1.99. The van der Waals surface area contributed by atoms with Crippen molar-refractivity contribution in [2.75, 3.05) is 19.7 Å². The molecule has 0 radical (unpaired) electrons. The fourth-order valence-electron chi connectivity index (χ4n) is 3.25. The number of hydrogen-bond acceptors (Lipinski definition) is 3. The third-order valence-corrected chi connectivity index (χ3v) is 4.28. The number of benzene rings is 1. The summed E-state index contributed by atoms with van der Waals surface area (Å²) in [5.74, 6) is -0.0614. The molecule has 122 valence electrons. The van der Waals surface area contributed by atoms with Crippen molar-refractivity contribution in [2.45, 2.75) is 32.6 Å². The fourth-order valence-corrected chi connectivity index (χ4v) is 3.25. The summed E-state index contributed by atoms with van der Waals surface area (Å²) in [7, 11) is 0. The lowest BCUT2D eigenvalue weighted by molar-refractivity contribution is 0.0714. The molecule has 1 aliphatic carbocycles. The number of aliphatic hydroxyl groups is 1. The minimum atomic E-state index is -0.0614. The van der Waals surface area contributed by atoms with Crippen LogP contribution < -0.4 is 0 Å². The molecular weight excluding hydrogens is 290 g/mol. The van der Waals surface area contributed by atoms with Gasteiger partial charge in [-0.05, 0) is 37.8 Å². The third kappa shape index (κ3) is 3.01. The van der Waals surface area contributed by atoms with Crippen LogP contribution in [0.5, 0.6) is 0 Å². The summed E-state index contributed by atoms with van der Waals surface area (Å²) < 4.78 is 1.92. The van der Waals surface area contributed by atoms with Gasteiger partial charge in [-0.15, -0.1) is 0 Å². The van der Waals surface area contributed by atoms with E-state index in [4.69, 9.17) is 0 Å². The molecule has 1 aliphatic rings. The van der Waals surface area contributed by atoms with Crippen LogP contribution in [0, 0.1) is 0 Å². The van der Waals surface area contributed by atoms with Gasteiger partial charge in [-0.3, -0.25) is 4.79 Å². The maximum atomic E-state index is 12.9. The average molecular weight is 313 g/mol. The second-order valence-electron chi connectivity index (χ2n) is 5.89. The van der Waals surface area contributed by atoms with Crippen LogP contribution in [0.25, 0.3) is 5.69 Å². The van der Waals surface area contributed by atoms with Gasteiger partial charge in [-0.2, -0.15) is 5.10 Å². The van der Waals surface area contributed by atoms with E-state index in [9.17, 15) is 9.90 Å². The van der Waals surface area contributed by atoms with E-state index < -0.39 is 0 Å². The van der Waals surface area contributed by atoms with Gasteiger partial charge in [-0.1, -0.05) is 25.1 Å². The summed E-state index contributed by atoms with van der Waals surface area (Å²) in [4.78, 5) is 14.6. The summed E-state index contributed by atoms with van der Waals surface area (Å²) in [6.45, 7) is 3.02. The minimum Gasteiger partial charge on any atom is -0.395 e. The van der Waals surface area contributed by atoms with E-state index in [2.05, 4.69) is 5.10 Å². The van der Waals surface area contributed by atoms with Crippen molar-refractivity contribution in [3.8, 4) is 5.69 Å². The Morgan fingerprint density at radius 3 is 2.74 bits per heavy atom. The second kappa shape index (κ2) is 6.96. The highest BCUT2D eigenvalue weighted by atomic mass is 16.3. The van der Waals surface area contributed by atoms with Gasteiger partial charge in [0.1, 0.15) is 0 Å². The molecule has 5 heteroatoms. The molecule has 1 amide bonds. The van der Waals surface area contributed by atoms with Crippen LogP contribution in [0.4, 0.5) is 0 Å². The van der Waals surface area contributed by atoms with Crippen molar-refractivity contribution in [2.24, 2.45) is 0 Å². The van der Waals surface area contributed by atoms with Gasteiger partial charge in [-0.25, -0.2) is 4.68 Å². The van der Waals surface area contributed by atoms with Gasteiger partial charge in [0, 0.05) is 24.3 Å². The van der Waals surface area contributed by atoms with E-state index in [1.54, 1.807) is 4.90 Å². The zero-order valence-electron chi connectivity index (χ0n) is 13.5. The zero-order chi connectivity index (χ0) is 16.2. The van der Waals surface area contributed by atoms with E-state index in [-0.39, 0.29) is 12.5 Å². The highest BCUT2D eigenvalue weighted by Crippen LogP contribution is 2.28. The smallest absolute Gasteiger partial charge is 0.274 e. The number of amides is 1. The molecule has 0 unspecified atom stereocenters. The first-order valence-electron chi connectivity index (χ1n) is 8.32. The molecule has 1 aromatic heterocycles.